The minimum atomic E-state index is -1.04. The van der Waals surface area contributed by atoms with Gasteiger partial charge in [-0.05, 0) is 49.7 Å². The Morgan fingerprint density at radius 2 is 1.77 bits per heavy atom. The van der Waals surface area contributed by atoms with Crippen molar-refractivity contribution < 1.29 is 19.5 Å². The number of nitrogens with zero attached hydrogens (tertiary/aromatic N) is 1. The van der Waals surface area contributed by atoms with Gasteiger partial charge in [0.15, 0.2) is 0 Å². The van der Waals surface area contributed by atoms with E-state index in [0.29, 0.717) is 5.41 Å². The molecule has 9 heteroatoms. The number of nitrogens with one attached hydrogen (secondary N) is 2. The fourth-order valence-electron chi connectivity index (χ4n) is 4.40. The van der Waals surface area contributed by atoms with Crippen LogP contribution in [0.3, 0.4) is 0 Å². The van der Waals surface area contributed by atoms with E-state index in [9.17, 15) is 14.4 Å². The molecule has 2 amide bonds. The van der Waals surface area contributed by atoms with Gasteiger partial charge >= 0.3 is 5.97 Å². The molecular formula is C21H27Cl2N3O4. The van der Waals surface area contributed by atoms with E-state index in [2.05, 4.69) is 10.7 Å². The van der Waals surface area contributed by atoms with Crippen LogP contribution in [-0.2, 0) is 9.59 Å². The molecule has 30 heavy (non-hydrogen) atoms. The Morgan fingerprint density at radius 1 is 1.10 bits per heavy atom. The molecule has 7 nitrogen and oxygen atoms in total. The number of aliphatic carboxylic acids is 1. The molecule has 1 aromatic rings. The largest absolute Gasteiger partial charge is 0.481 e. The first-order chi connectivity index (χ1) is 14.3. The smallest absolute Gasteiger partial charge is 0.303 e. The number of benzene rings is 1. The number of halogens is 2. The number of carbonyl (C=O) groups is 3. The summed E-state index contributed by atoms with van der Waals surface area (Å²) >= 11 is 12.1. The van der Waals surface area contributed by atoms with Crippen molar-refractivity contribution in [3.63, 3.8) is 0 Å². The molecule has 0 bridgehead atoms. The highest BCUT2D eigenvalue weighted by atomic mass is 35.5. The van der Waals surface area contributed by atoms with Crippen molar-refractivity contribution in [3.05, 3.63) is 33.8 Å². The third-order valence-electron chi connectivity index (χ3n) is 6.22. The maximum atomic E-state index is 12.8. The molecule has 3 N–H and O–H groups in total. The summed E-state index contributed by atoms with van der Waals surface area (Å²) in [5.41, 5.74) is 3.42. The van der Waals surface area contributed by atoms with E-state index in [1.54, 1.807) is 12.1 Å². The quantitative estimate of drug-likeness (QED) is 0.582. The first kappa shape index (κ1) is 22.8. The number of hydrazine groups is 1. The van der Waals surface area contributed by atoms with Gasteiger partial charge in [-0.2, -0.15) is 0 Å². The fraction of sp³-hybridized carbons (Fsp3) is 0.571. The average molecular weight is 456 g/mol. The number of carboxylic acid groups (broad SMARTS) is 1. The predicted octanol–water partition coefficient (Wildman–Crippen LogP) is 3.64. The van der Waals surface area contributed by atoms with Crippen LogP contribution in [-0.4, -0.2) is 47.0 Å². The molecule has 164 valence electrons. The fourth-order valence-corrected chi connectivity index (χ4v) is 4.79. The first-order valence-electron chi connectivity index (χ1n) is 10.3. The van der Waals surface area contributed by atoms with Crippen LogP contribution in [0.4, 0.5) is 0 Å². The summed E-state index contributed by atoms with van der Waals surface area (Å²) in [6.45, 7) is 1.51. The van der Waals surface area contributed by atoms with Crippen LogP contribution in [0.2, 0.25) is 10.0 Å². The van der Waals surface area contributed by atoms with Crippen molar-refractivity contribution in [2.45, 2.75) is 57.4 Å². The highest BCUT2D eigenvalue weighted by Gasteiger charge is 2.37. The van der Waals surface area contributed by atoms with E-state index in [1.165, 1.54) is 31.7 Å². The Bertz CT molecular complexity index is 801. The molecule has 1 aliphatic heterocycles. The van der Waals surface area contributed by atoms with Crippen molar-refractivity contribution >= 4 is 41.0 Å². The van der Waals surface area contributed by atoms with Crippen LogP contribution in [0.15, 0.2) is 18.2 Å². The van der Waals surface area contributed by atoms with Gasteiger partial charge in [-0.3, -0.25) is 19.8 Å². The number of carbonyl (C=O) groups excluding carboxylic acids is 2. The second-order valence-corrected chi connectivity index (χ2v) is 9.02. The predicted molar refractivity (Wildman–Crippen MR) is 114 cm³/mol. The third kappa shape index (κ3) is 5.65. The van der Waals surface area contributed by atoms with E-state index in [-0.39, 0.29) is 28.5 Å². The Labute approximate surface area is 186 Å². The summed E-state index contributed by atoms with van der Waals surface area (Å²) in [5.74, 6) is -2.04. The molecule has 1 saturated heterocycles. The van der Waals surface area contributed by atoms with Gasteiger partial charge in [0.25, 0.3) is 11.8 Å². The Morgan fingerprint density at radius 3 is 2.40 bits per heavy atom. The summed E-state index contributed by atoms with van der Waals surface area (Å²) in [6, 6.07) is 3.65. The second kappa shape index (κ2) is 9.98. The van der Waals surface area contributed by atoms with Crippen molar-refractivity contribution in [1.29, 1.82) is 0 Å². The number of piperidine rings is 1. The van der Waals surface area contributed by atoms with Crippen molar-refractivity contribution in [3.8, 4) is 0 Å². The lowest BCUT2D eigenvalue weighted by Gasteiger charge is -2.39. The first-order valence-corrected chi connectivity index (χ1v) is 11.1. The maximum Gasteiger partial charge on any atom is 0.303 e. The molecule has 3 rings (SSSR count). The standard InChI is InChI=1S/C21H27Cl2N3O4/c22-15-5-3-4-14(18(15)23)19(29)24-16(6-7-17(27)28)20(30)25-26-12-10-21(11-13-26)8-1-2-9-21/h3-5,16H,1-2,6-13H2,(H,24,29)(H,25,30)(H,27,28). The normalized spacial score (nSPS) is 19.4. The molecule has 1 heterocycles. The van der Waals surface area contributed by atoms with E-state index in [4.69, 9.17) is 28.3 Å². The third-order valence-corrected chi connectivity index (χ3v) is 7.04. The van der Waals surface area contributed by atoms with Gasteiger partial charge in [0.05, 0.1) is 15.6 Å². The van der Waals surface area contributed by atoms with Crippen LogP contribution in [0.25, 0.3) is 0 Å². The summed E-state index contributed by atoms with van der Waals surface area (Å²) < 4.78 is 0. The molecular weight excluding hydrogens is 429 g/mol. The van der Waals surface area contributed by atoms with Gasteiger partial charge in [0.1, 0.15) is 6.04 Å². The zero-order valence-corrected chi connectivity index (χ0v) is 18.3. The molecule has 1 aromatic carbocycles. The van der Waals surface area contributed by atoms with Crippen LogP contribution < -0.4 is 10.7 Å². The zero-order valence-electron chi connectivity index (χ0n) is 16.8. The molecule has 1 saturated carbocycles. The Kier molecular flexibility index (Phi) is 7.60. The monoisotopic (exact) mass is 455 g/mol. The number of rotatable bonds is 7. The van der Waals surface area contributed by atoms with E-state index in [0.717, 1.165) is 25.9 Å². The summed E-state index contributed by atoms with van der Waals surface area (Å²) in [7, 11) is 0. The minimum absolute atomic E-state index is 0.0249. The van der Waals surface area contributed by atoms with E-state index < -0.39 is 23.8 Å². The molecule has 1 atom stereocenters. The van der Waals surface area contributed by atoms with Crippen LogP contribution in [0.1, 0.15) is 61.7 Å². The van der Waals surface area contributed by atoms with Crippen LogP contribution in [0, 0.1) is 5.41 Å². The van der Waals surface area contributed by atoms with E-state index >= 15 is 0 Å². The van der Waals surface area contributed by atoms with Crippen LogP contribution >= 0.6 is 23.2 Å². The highest BCUT2D eigenvalue weighted by molar-refractivity contribution is 6.43. The lowest BCUT2D eigenvalue weighted by atomic mass is 9.77. The average Bonchev–Trinajstić information content (AvgIpc) is 3.17. The van der Waals surface area contributed by atoms with Gasteiger partial charge < -0.3 is 10.4 Å². The lowest BCUT2D eigenvalue weighted by molar-refractivity contribution is -0.137. The van der Waals surface area contributed by atoms with Gasteiger partial charge in [-0.15, -0.1) is 0 Å². The van der Waals surface area contributed by atoms with Crippen LogP contribution in [0.5, 0.6) is 0 Å². The Balaban J connectivity index is 1.62. The molecule has 0 radical (unpaired) electrons. The zero-order chi connectivity index (χ0) is 21.7. The van der Waals surface area contributed by atoms with Gasteiger partial charge in [0.2, 0.25) is 0 Å². The van der Waals surface area contributed by atoms with Gasteiger partial charge in [0, 0.05) is 19.5 Å². The van der Waals surface area contributed by atoms with Crippen molar-refractivity contribution in [2.75, 3.05) is 13.1 Å². The number of carboxylic acids is 1. The molecule has 1 aliphatic carbocycles. The lowest BCUT2D eigenvalue weighted by Crippen LogP contribution is -2.55. The Hall–Kier alpha value is -1.83. The van der Waals surface area contributed by atoms with Gasteiger partial charge in [-0.25, -0.2) is 5.01 Å². The van der Waals surface area contributed by atoms with Crippen molar-refractivity contribution in [2.24, 2.45) is 5.41 Å². The second-order valence-electron chi connectivity index (χ2n) is 8.23. The molecule has 0 aromatic heterocycles. The molecule has 2 fully saturated rings. The maximum absolute atomic E-state index is 12.8. The van der Waals surface area contributed by atoms with Crippen molar-refractivity contribution in [1.82, 2.24) is 15.8 Å². The van der Waals surface area contributed by atoms with E-state index in [1.807, 2.05) is 5.01 Å². The SMILES string of the molecule is O=C(O)CCC(NC(=O)c1cccc(Cl)c1Cl)C(=O)NN1CCC2(CCCC2)CC1. The number of hydrogen-bond donors (Lipinski definition) is 3. The minimum Gasteiger partial charge on any atom is -0.481 e. The summed E-state index contributed by atoms with van der Waals surface area (Å²) in [5, 5.41) is 13.8. The number of hydrogen-bond acceptors (Lipinski definition) is 4. The topological polar surface area (TPSA) is 98.7 Å². The molecule has 1 unspecified atom stereocenters. The summed E-state index contributed by atoms with van der Waals surface area (Å²) in [6.07, 6.45) is 6.88. The van der Waals surface area contributed by atoms with Gasteiger partial charge in [-0.1, -0.05) is 42.1 Å². The molecule has 2 aliphatic rings. The summed E-state index contributed by atoms with van der Waals surface area (Å²) in [4.78, 5) is 36.5. The highest BCUT2D eigenvalue weighted by Crippen LogP contribution is 2.45. The number of amides is 2. The molecule has 1 spiro atoms.